The van der Waals surface area contributed by atoms with E-state index in [4.69, 9.17) is 4.98 Å². The van der Waals surface area contributed by atoms with Gasteiger partial charge >= 0.3 is 0 Å². The van der Waals surface area contributed by atoms with Gasteiger partial charge in [-0.25, -0.2) is 9.97 Å². The lowest BCUT2D eigenvalue weighted by atomic mass is 9.90. The zero-order valence-electron chi connectivity index (χ0n) is 12.8. The molecule has 0 amide bonds. The lowest BCUT2D eigenvalue weighted by molar-refractivity contribution is 0.212. The van der Waals surface area contributed by atoms with Crippen LogP contribution in [0.1, 0.15) is 56.8 Å². The van der Waals surface area contributed by atoms with Crippen molar-refractivity contribution in [1.82, 2.24) is 19.4 Å². The smallest absolute Gasteiger partial charge is 0.160 e. The second-order valence-electron chi connectivity index (χ2n) is 6.48. The van der Waals surface area contributed by atoms with Gasteiger partial charge in [0.05, 0.1) is 0 Å². The number of hydrogen-bond donors (Lipinski definition) is 0. The SMILES string of the molecule is CCN1CCC(c2nc3cccnc3n2C2CCC2)CC1. The van der Waals surface area contributed by atoms with Gasteiger partial charge in [-0.05, 0) is 63.9 Å². The van der Waals surface area contributed by atoms with Crippen molar-refractivity contribution in [2.24, 2.45) is 0 Å². The number of pyridine rings is 1. The number of rotatable bonds is 3. The van der Waals surface area contributed by atoms with E-state index in [2.05, 4.69) is 27.4 Å². The quantitative estimate of drug-likeness (QED) is 0.866. The van der Waals surface area contributed by atoms with Crippen LogP contribution in [-0.2, 0) is 0 Å². The molecule has 3 heterocycles. The number of imidazole rings is 1. The van der Waals surface area contributed by atoms with Crippen LogP contribution in [0.4, 0.5) is 0 Å². The molecule has 2 aliphatic rings. The average Bonchev–Trinajstić information content (AvgIpc) is 2.85. The van der Waals surface area contributed by atoms with Crippen molar-refractivity contribution in [3.05, 3.63) is 24.2 Å². The summed E-state index contributed by atoms with van der Waals surface area (Å²) < 4.78 is 2.48. The van der Waals surface area contributed by atoms with Gasteiger partial charge in [0, 0.05) is 18.2 Å². The number of piperidine rings is 1. The van der Waals surface area contributed by atoms with Gasteiger partial charge < -0.3 is 9.47 Å². The van der Waals surface area contributed by atoms with E-state index < -0.39 is 0 Å². The molecule has 0 unspecified atom stereocenters. The molecule has 4 rings (SSSR count). The molecular formula is C17H24N4. The Morgan fingerprint density at radius 3 is 2.67 bits per heavy atom. The van der Waals surface area contributed by atoms with E-state index in [0.717, 1.165) is 11.2 Å². The molecule has 1 aliphatic carbocycles. The molecule has 0 N–H and O–H groups in total. The Morgan fingerprint density at radius 1 is 1.19 bits per heavy atom. The molecule has 2 fully saturated rings. The summed E-state index contributed by atoms with van der Waals surface area (Å²) in [5.41, 5.74) is 2.19. The maximum absolute atomic E-state index is 4.97. The molecule has 0 aromatic carbocycles. The molecule has 0 radical (unpaired) electrons. The van der Waals surface area contributed by atoms with Crippen LogP contribution in [0.15, 0.2) is 18.3 Å². The molecule has 112 valence electrons. The van der Waals surface area contributed by atoms with Crippen molar-refractivity contribution in [2.75, 3.05) is 19.6 Å². The number of hydrogen-bond acceptors (Lipinski definition) is 3. The summed E-state index contributed by atoms with van der Waals surface area (Å²) in [6.45, 7) is 5.85. The highest BCUT2D eigenvalue weighted by molar-refractivity contribution is 5.71. The highest BCUT2D eigenvalue weighted by Gasteiger charge is 2.30. The normalized spacial score (nSPS) is 21.8. The minimum Gasteiger partial charge on any atom is -0.309 e. The van der Waals surface area contributed by atoms with E-state index in [1.165, 1.54) is 57.6 Å². The molecule has 0 atom stereocenters. The largest absolute Gasteiger partial charge is 0.309 e. The van der Waals surface area contributed by atoms with E-state index in [-0.39, 0.29) is 0 Å². The van der Waals surface area contributed by atoms with Gasteiger partial charge in [-0.1, -0.05) is 6.92 Å². The van der Waals surface area contributed by atoms with Crippen molar-refractivity contribution in [3.63, 3.8) is 0 Å². The van der Waals surface area contributed by atoms with Crippen molar-refractivity contribution >= 4 is 11.2 Å². The molecule has 4 nitrogen and oxygen atoms in total. The second kappa shape index (κ2) is 5.41. The maximum atomic E-state index is 4.97. The van der Waals surface area contributed by atoms with Crippen LogP contribution in [0, 0.1) is 0 Å². The fraction of sp³-hybridized carbons (Fsp3) is 0.647. The maximum Gasteiger partial charge on any atom is 0.160 e. The van der Waals surface area contributed by atoms with Gasteiger partial charge in [0.25, 0.3) is 0 Å². The summed E-state index contributed by atoms with van der Waals surface area (Å²) in [5, 5.41) is 0. The molecule has 1 saturated heterocycles. The van der Waals surface area contributed by atoms with E-state index in [1.807, 2.05) is 12.3 Å². The monoisotopic (exact) mass is 284 g/mol. The van der Waals surface area contributed by atoms with Gasteiger partial charge in [-0.3, -0.25) is 0 Å². The van der Waals surface area contributed by atoms with Crippen LogP contribution in [0.25, 0.3) is 11.2 Å². The number of fused-ring (bicyclic) bond motifs is 1. The third-order valence-electron chi connectivity index (χ3n) is 5.32. The highest BCUT2D eigenvalue weighted by atomic mass is 15.2. The summed E-state index contributed by atoms with van der Waals surface area (Å²) in [6, 6.07) is 4.76. The standard InChI is InChI=1S/C17H24N4/c1-2-20-11-8-13(9-12-20)16-19-15-7-4-10-18-17(15)21(16)14-5-3-6-14/h4,7,10,13-14H,2-3,5-6,8-9,11-12H2,1H3. The van der Waals surface area contributed by atoms with Crippen molar-refractivity contribution in [2.45, 2.75) is 51.0 Å². The van der Waals surface area contributed by atoms with Crippen LogP contribution in [-0.4, -0.2) is 39.1 Å². The summed E-state index contributed by atoms with van der Waals surface area (Å²) in [6.07, 6.45) is 8.33. The zero-order valence-corrected chi connectivity index (χ0v) is 12.8. The predicted octanol–water partition coefficient (Wildman–Crippen LogP) is 3.36. The lowest BCUT2D eigenvalue weighted by Crippen LogP contribution is -2.34. The summed E-state index contributed by atoms with van der Waals surface area (Å²) in [7, 11) is 0. The molecule has 2 aromatic heterocycles. The van der Waals surface area contributed by atoms with Crippen LogP contribution in [0.3, 0.4) is 0 Å². The summed E-state index contributed by atoms with van der Waals surface area (Å²) >= 11 is 0. The predicted molar refractivity (Wildman–Crippen MR) is 84.5 cm³/mol. The van der Waals surface area contributed by atoms with Crippen molar-refractivity contribution in [3.8, 4) is 0 Å². The van der Waals surface area contributed by atoms with E-state index >= 15 is 0 Å². The number of likely N-dealkylation sites (tertiary alicyclic amines) is 1. The minimum atomic E-state index is 0.614. The summed E-state index contributed by atoms with van der Waals surface area (Å²) in [4.78, 5) is 12.1. The fourth-order valence-electron chi connectivity index (χ4n) is 3.75. The lowest BCUT2D eigenvalue weighted by Gasteiger charge is -2.34. The van der Waals surface area contributed by atoms with Crippen molar-refractivity contribution < 1.29 is 0 Å². The summed E-state index contributed by atoms with van der Waals surface area (Å²) in [5.74, 6) is 1.92. The minimum absolute atomic E-state index is 0.614. The molecule has 2 aromatic rings. The molecule has 0 bridgehead atoms. The Kier molecular flexibility index (Phi) is 3.42. The van der Waals surface area contributed by atoms with Crippen LogP contribution in [0.2, 0.25) is 0 Å². The van der Waals surface area contributed by atoms with E-state index in [1.54, 1.807) is 0 Å². The zero-order chi connectivity index (χ0) is 14.2. The van der Waals surface area contributed by atoms with Crippen LogP contribution in [0.5, 0.6) is 0 Å². The fourth-order valence-corrected chi connectivity index (χ4v) is 3.75. The first-order chi connectivity index (χ1) is 10.4. The van der Waals surface area contributed by atoms with E-state index in [9.17, 15) is 0 Å². The Bertz CT molecular complexity index is 621. The third kappa shape index (κ3) is 2.26. The first-order valence-electron chi connectivity index (χ1n) is 8.42. The van der Waals surface area contributed by atoms with Crippen LogP contribution >= 0.6 is 0 Å². The average molecular weight is 284 g/mol. The molecule has 21 heavy (non-hydrogen) atoms. The Balaban J connectivity index is 1.70. The molecule has 0 spiro atoms. The van der Waals surface area contributed by atoms with E-state index in [0.29, 0.717) is 12.0 Å². The topological polar surface area (TPSA) is 34.0 Å². The van der Waals surface area contributed by atoms with Gasteiger partial charge in [0.1, 0.15) is 11.3 Å². The molecule has 1 saturated carbocycles. The molecule has 1 aliphatic heterocycles. The van der Waals surface area contributed by atoms with Gasteiger partial charge in [0.2, 0.25) is 0 Å². The molecular weight excluding hydrogens is 260 g/mol. The second-order valence-corrected chi connectivity index (χ2v) is 6.48. The number of nitrogens with zero attached hydrogens (tertiary/aromatic N) is 4. The first-order valence-corrected chi connectivity index (χ1v) is 8.42. The molecule has 4 heteroatoms. The Morgan fingerprint density at radius 2 is 2.00 bits per heavy atom. The van der Waals surface area contributed by atoms with Gasteiger partial charge in [-0.2, -0.15) is 0 Å². The highest BCUT2D eigenvalue weighted by Crippen LogP contribution is 2.38. The Hall–Kier alpha value is -1.42. The third-order valence-corrected chi connectivity index (χ3v) is 5.32. The van der Waals surface area contributed by atoms with Crippen molar-refractivity contribution in [1.29, 1.82) is 0 Å². The number of aromatic nitrogens is 3. The Labute approximate surface area is 126 Å². The van der Waals surface area contributed by atoms with Crippen LogP contribution < -0.4 is 0 Å². The van der Waals surface area contributed by atoms with Gasteiger partial charge in [-0.15, -0.1) is 0 Å². The first kappa shape index (κ1) is 13.3. The van der Waals surface area contributed by atoms with Gasteiger partial charge in [0.15, 0.2) is 5.65 Å².